The molecule has 0 spiro atoms. The van der Waals surface area contributed by atoms with Crippen LogP contribution < -0.4 is 19.5 Å². The number of piperidine rings is 1. The normalized spacial score (nSPS) is 21.8. The number of amides is 2. The Labute approximate surface area is 152 Å². The van der Waals surface area contributed by atoms with E-state index in [0.29, 0.717) is 55.7 Å². The Balaban J connectivity index is 1.78. The molecule has 0 bridgehead atoms. The van der Waals surface area contributed by atoms with Gasteiger partial charge >= 0.3 is 12.0 Å². The molecule has 2 N–H and O–H groups in total. The van der Waals surface area contributed by atoms with Gasteiger partial charge in [-0.05, 0) is 19.3 Å². The minimum Gasteiger partial charge on any atom is -0.492 e. The third-order valence-electron chi connectivity index (χ3n) is 4.48. The van der Waals surface area contributed by atoms with Crippen LogP contribution >= 0.6 is 0 Å². The molecule has 2 amide bonds. The number of fused-ring (bicyclic) bond motifs is 1. The number of ether oxygens (including phenoxy) is 3. The third kappa shape index (κ3) is 3.95. The van der Waals surface area contributed by atoms with Gasteiger partial charge in [-0.2, -0.15) is 0 Å². The summed E-state index contributed by atoms with van der Waals surface area (Å²) >= 11 is 0. The van der Waals surface area contributed by atoms with Crippen molar-refractivity contribution in [1.29, 1.82) is 0 Å². The molecule has 0 saturated carbocycles. The minimum absolute atomic E-state index is 0.127. The van der Waals surface area contributed by atoms with Crippen LogP contribution in [0.25, 0.3) is 0 Å². The number of anilines is 1. The molecular formula is C18H24N2O6. The topological polar surface area (TPSA) is 97.3 Å². The first kappa shape index (κ1) is 18.2. The molecule has 2 heterocycles. The number of nitrogens with one attached hydrogen (secondary N) is 1. The summed E-state index contributed by atoms with van der Waals surface area (Å²) in [6.45, 7) is 5.86. The largest absolute Gasteiger partial charge is 0.492 e. The molecule has 3 rings (SSSR count). The molecule has 8 nitrogen and oxygen atoms in total. The zero-order valence-corrected chi connectivity index (χ0v) is 15.0. The molecule has 0 radical (unpaired) electrons. The summed E-state index contributed by atoms with van der Waals surface area (Å²) in [5, 5.41) is 12.1. The monoisotopic (exact) mass is 364 g/mol. The number of nitrogens with zero attached hydrogens (tertiary/aromatic N) is 1. The van der Waals surface area contributed by atoms with Gasteiger partial charge in [0.05, 0.1) is 18.2 Å². The van der Waals surface area contributed by atoms with Crippen molar-refractivity contribution in [2.75, 3.05) is 38.2 Å². The van der Waals surface area contributed by atoms with Crippen LogP contribution in [0.15, 0.2) is 12.1 Å². The molecule has 2 aliphatic heterocycles. The molecule has 8 heteroatoms. The number of urea groups is 1. The van der Waals surface area contributed by atoms with E-state index in [2.05, 4.69) is 5.32 Å². The van der Waals surface area contributed by atoms with Gasteiger partial charge in [0.15, 0.2) is 11.5 Å². The van der Waals surface area contributed by atoms with E-state index in [1.54, 1.807) is 17.0 Å². The molecule has 142 valence electrons. The second-order valence-electron chi connectivity index (χ2n) is 6.64. The van der Waals surface area contributed by atoms with Crippen LogP contribution in [0, 0.1) is 11.8 Å². The van der Waals surface area contributed by atoms with Crippen LogP contribution in [0.1, 0.15) is 20.3 Å². The van der Waals surface area contributed by atoms with Gasteiger partial charge in [-0.1, -0.05) is 6.92 Å². The Morgan fingerprint density at radius 2 is 1.96 bits per heavy atom. The SMILES string of the molecule is CCOc1cc2c(cc1NC(=O)N1CC(C)CC(C(=O)O)C1)OCCO2. The summed E-state index contributed by atoms with van der Waals surface area (Å²) in [5.41, 5.74) is 0.478. The molecule has 1 aromatic rings. The van der Waals surface area contributed by atoms with Crippen molar-refractivity contribution in [3.05, 3.63) is 12.1 Å². The molecule has 0 aromatic heterocycles. The van der Waals surface area contributed by atoms with Gasteiger partial charge in [0, 0.05) is 25.2 Å². The number of carbonyl (C=O) groups excluding carboxylic acids is 1. The summed E-state index contributed by atoms with van der Waals surface area (Å²) in [4.78, 5) is 25.6. The van der Waals surface area contributed by atoms with Gasteiger partial charge in [0.25, 0.3) is 0 Å². The van der Waals surface area contributed by atoms with Crippen LogP contribution in [0.4, 0.5) is 10.5 Å². The molecule has 0 aliphatic carbocycles. The summed E-state index contributed by atoms with van der Waals surface area (Å²) in [5.74, 6) is 0.327. The van der Waals surface area contributed by atoms with E-state index in [1.807, 2.05) is 13.8 Å². The molecule has 1 aromatic carbocycles. The molecule has 1 saturated heterocycles. The number of carbonyl (C=O) groups is 2. The maximum absolute atomic E-state index is 12.7. The zero-order chi connectivity index (χ0) is 18.7. The van der Waals surface area contributed by atoms with Crippen molar-refractivity contribution >= 4 is 17.7 Å². The first-order valence-corrected chi connectivity index (χ1v) is 8.83. The van der Waals surface area contributed by atoms with E-state index in [0.717, 1.165) is 0 Å². The quantitative estimate of drug-likeness (QED) is 0.852. The number of rotatable bonds is 4. The maximum atomic E-state index is 12.7. The molecule has 2 atom stereocenters. The highest BCUT2D eigenvalue weighted by Crippen LogP contribution is 2.40. The van der Waals surface area contributed by atoms with Gasteiger partial charge in [-0.3, -0.25) is 4.79 Å². The predicted molar refractivity (Wildman–Crippen MR) is 94.1 cm³/mol. The van der Waals surface area contributed by atoms with Crippen molar-refractivity contribution in [3.63, 3.8) is 0 Å². The maximum Gasteiger partial charge on any atom is 0.321 e. The number of carboxylic acid groups (broad SMARTS) is 1. The van der Waals surface area contributed by atoms with E-state index in [1.165, 1.54) is 0 Å². The lowest BCUT2D eigenvalue weighted by Crippen LogP contribution is -2.47. The third-order valence-corrected chi connectivity index (χ3v) is 4.48. The molecular weight excluding hydrogens is 340 g/mol. The number of hydrogen-bond donors (Lipinski definition) is 2. The van der Waals surface area contributed by atoms with Crippen LogP contribution in [0.5, 0.6) is 17.2 Å². The number of likely N-dealkylation sites (tertiary alicyclic amines) is 1. The lowest BCUT2D eigenvalue weighted by molar-refractivity contribution is -0.143. The highest BCUT2D eigenvalue weighted by molar-refractivity contribution is 5.92. The second kappa shape index (κ2) is 7.72. The van der Waals surface area contributed by atoms with Gasteiger partial charge in [0.2, 0.25) is 0 Å². The summed E-state index contributed by atoms with van der Waals surface area (Å²) < 4.78 is 16.7. The Bertz CT molecular complexity index is 693. The summed E-state index contributed by atoms with van der Waals surface area (Å²) in [6.07, 6.45) is 0.577. The highest BCUT2D eigenvalue weighted by Gasteiger charge is 2.32. The van der Waals surface area contributed by atoms with Crippen molar-refractivity contribution in [1.82, 2.24) is 4.90 Å². The van der Waals surface area contributed by atoms with Crippen LogP contribution in [-0.4, -0.2) is 54.9 Å². The highest BCUT2D eigenvalue weighted by atomic mass is 16.6. The number of aliphatic carboxylic acids is 1. The number of carboxylic acids is 1. The standard InChI is InChI=1S/C18H24N2O6/c1-3-24-14-8-16-15(25-4-5-26-16)7-13(14)19-18(23)20-9-11(2)6-12(10-20)17(21)22/h7-8,11-12H,3-6,9-10H2,1-2H3,(H,19,23)(H,21,22). The fourth-order valence-electron chi connectivity index (χ4n) is 3.33. The van der Waals surface area contributed by atoms with Gasteiger partial charge in [0.1, 0.15) is 19.0 Å². The molecule has 2 aliphatic rings. The van der Waals surface area contributed by atoms with Crippen molar-refractivity contribution in [2.45, 2.75) is 20.3 Å². The van der Waals surface area contributed by atoms with E-state index < -0.39 is 11.9 Å². The van der Waals surface area contributed by atoms with Crippen molar-refractivity contribution in [3.8, 4) is 17.2 Å². The average Bonchev–Trinajstić information content (AvgIpc) is 2.61. The van der Waals surface area contributed by atoms with Crippen LogP contribution in [0.3, 0.4) is 0 Å². The minimum atomic E-state index is -0.872. The average molecular weight is 364 g/mol. The Kier molecular flexibility index (Phi) is 5.39. The molecule has 26 heavy (non-hydrogen) atoms. The smallest absolute Gasteiger partial charge is 0.321 e. The Hall–Kier alpha value is -2.64. The number of hydrogen-bond acceptors (Lipinski definition) is 5. The van der Waals surface area contributed by atoms with E-state index in [9.17, 15) is 14.7 Å². The summed E-state index contributed by atoms with van der Waals surface area (Å²) in [6, 6.07) is 3.03. The van der Waals surface area contributed by atoms with Crippen LogP contribution in [-0.2, 0) is 4.79 Å². The predicted octanol–water partition coefficient (Wildman–Crippen LogP) is 2.43. The first-order chi connectivity index (χ1) is 12.5. The lowest BCUT2D eigenvalue weighted by Gasteiger charge is -2.34. The zero-order valence-electron chi connectivity index (χ0n) is 15.0. The van der Waals surface area contributed by atoms with Crippen LogP contribution in [0.2, 0.25) is 0 Å². The Morgan fingerprint density at radius 3 is 2.62 bits per heavy atom. The molecule has 2 unspecified atom stereocenters. The van der Waals surface area contributed by atoms with Gasteiger partial charge in [-0.25, -0.2) is 4.79 Å². The lowest BCUT2D eigenvalue weighted by atomic mass is 9.91. The van der Waals surface area contributed by atoms with E-state index in [4.69, 9.17) is 14.2 Å². The van der Waals surface area contributed by atoms with E-state index in [-0.39, 0.29) is 18.5 Å². The summed E-state index contributed by atoms with van der Waals surface area (Å²) in [7, 11) is 0. The van der Waals surface area contributed by atoms with Gasteiger partial charge in [-0.15, -0.1) is 0 Å². The number of benzene rings is 1. The van der Waals surface area contributed by atoms with Gasteiger partial charge < -0.3 is 29.5 Å². The first-order valence-electron chi connectivity index (χ1n) is 8.83. The van der Waals surface area contributed by atoms with Crippen molar-refractivity contribution in [2.24, 2.45) is 11.8 Å². The molecule has 1 fully saturated rings. The Morgan fingerprint density at radius 1 is 1.27 bits per heavy atom. The second-order valence-corrected chi connectivity index (χ2v) is 6.64. The van der Waals surface area contributed by atoms with E-state index >= 15 is 0 Å². The van der Waals surface area contributed by atoms with Crippen molar-refractivity contribution < 1.29 is 28.9 Å². The fraction of sp³-hybridized carbons (Fsp3) is 0.556. The fourth-order valence-corrected chi connectivity index (χ4v) is 3.33.